The van der Waals surface area contributed by atoms with Crippen LogP contribution in [0.2, 0.25) is 0 Å². The lowest BCUT2D eigenvalue weighted by atomic mass is 9.95. The van der Waals surface area contributed by atoms with Crippen molar-refractivity contribution in [2.45, 2.75) is 45.1 Å². The molecule has 2 N–H and O–H groups in total. The lowest BCUT2D eigenvalue weighted by Crippen LogP contribution is -2.41. The molecule has 0 aliphatic heterocycles. The van der Waals surface area contributed by atoms with Crippen LogP contribution >= 0.6 is 0 Å². The number of rotatable bonds is 4. The van der Waals surface area contributed by atoms with E-state index in [1.54, 1.807) is 19.1 Å². The topological polar surface area (TPSA) is 88.2 Å². The molecule has 6 heteroatoms. The van der Waals surface area contributed by atoms with Gasteiger partial charge in [0.25, 0.3) is 11.8 Å². The summed E-state index contributed by atoms with van der Waals surface area (Å²) in [6.45, 7) is 1.85. The molecule has 128 valence electrons. The van der Waals surface area contributed by atoms with Crippen molar-refractivity contribution in [3.8, 4) is 11.5 Å². The summed E-state index contributed by atoms with van der Waals surface area (Å²) in [6.07, 6.45) is 5.19. The number of carbonyl (C=O) groups excluding carboxylic acids is 1. The fourth-order valence-corrected chi connectivity index (χ4v) is 3.31. The van der Waals surface area contributed by atoms with Crippen molar-refractivity contribution < 1.29 is 14.4 Å². The second-order valence-electron chi connectivity index (χ2n) is 6.35. The van der Waals surface area contributed by atoms with E-state index < -0.39 is 0 Å². The third kappa shape index (κ3) is 3.64. The fraction of sp³-hybridized carbons (Fsp3) is 0.500. The highest BCUT2D eigenvalue weighted by Crippen LogP contribution is 2.25. The van der Waals surface area contributed by atoms with Gasteiger partial charge in [0, 0.05) is 18.6 Å². The van der Waals surface area contributed by atoms with E-state index in [1.807, 2.05) is 12.1 Å². The summed E-state index contributed by atoms with van der Waals surface area (Å²) in [6, 6.07) is 7.22. The molecule has 1 aromatic heterocycles. The van der Waals surface area contributed by atoms with Crippen LogP contribution in [0, 0.1) is 12.8 Å². The second kappa shape index (κ2) is 7.57. The molecule has 1 heterocycles. The Bertz CT molecular complexity index is 698. The number of aryl methyl sites for hydroxylation is 1. The Kier molecular flexibility index (Phi) is 5.25. The van der Waals surface area contributed by atoms with Crippen LogP contribution in [0.1, 0.15) is 48.3 Å². The molecule has 1 fully saturated rings. The van der Waals surface area contributed by atoms with Gasteiger partial charge >= 0.3 is 0 Å². The Morgan fingerprint density at radius 1 is 1.29 bits per heavy atom. The summed E-state index contributed by atoms with van der Waals surface area (Å²) < 4.78 is 5.21. The molecule has 0 radical (unpaired) electrons. The summed E-state index contributed by atoms with van der Waals surface area (Å²) in [4.78, 5) is 17.0. The third-order valence-electron chi connectivity index (χ3n) is 4.64. The minimum absolute atomic E-state index is 0.00229. The maximum absolute atomic E-state index is 12.8. The average molecular weight is 329 g/mol. The van der Waals surface area contributed by atoms with E-state index in [4.69, 9.17) is 4.52 Å². The van der Waals surface area contributed by atoms with E-state index in [0.717, 1.165) is 32.1 Å². The molecule has 0 spiro atoms. The van der Waals surface area contributed by atoms with E-state index in [2.05, 4.69) is 15.5 Å². The van der Waals surface area contributed by atoms with Crippen molar-refractivity contribution in [3.05, 3.63) is 35.7 Å². The fourth-order valence-electron chi connectivity index (χ4n) is 3.31. The standard InChI is InChI=1S/C18H23N3O3/c1-12-19-18(24-21-12)15-9-6-5-8-14(15)17(23)20-16-10-4-2-3-7-13(16)11-22/h5-6,8-9,13,16,22H,2-4,7,10-11H2,1H3,(H,20,23). The molecule has 1 saturated carbocycles. The molecule has 0 saturated heterocycles. The third-order valence-corrected chi connectivity index (χ3v) is 4.64. The van der Waals surface area contributed by atoms with E-state index in [9.17, 15) is 9.90 Å². The number of aliphatic hydroxyl groups excluding tert-OH is 1. The normalized spacial score (nSPS) is 21.2. The van der Waals surface area contributed by atoms with Gasteiger partial charge in [-0.15, -0.1) is 0 Å². The van der Waals surface area contributed by atoms with Gasteiger partial charge in [-0.05, 0) is 31.9 Å². The first kappa shape index (κ1) is 16.6. The van der Waals surface area contributed by atoms with E-state index in [-0.39, 0.29) is 24.5 Å². The molecule has 2 atom stereocenters. The molecule has 1 amide bonds. The molecule has 2 aromatic rings. The van der Waals surface area contributed by atoms with Gasteiger partial charge in [0.2, 0.25) is 0 Å². The van der Waals surface area contributed by atoms with Crippen molar-refractivity contribution in [1.82, 2.24) is 15.5 Å². The van der Waals surface area contributed by atoms with Gasteiger partial charge in [0.1, 0.15) is 0 Å². The first-order valence-corrected chi connectivity index (χ1v) is 8.50. The summed E-state index contributed by atoms with van der Waals surface area (Å²) in [5.41, 5.74) is 1.15. The first-order chi connectivity index (χ1) is 11.7. The lowest BCUT2D eigenvalue weighted by molar-refractivity contribution is 0.0900. The highest BCUT2D eigenvalue weighted by atomic mass is 16.5. The largest absolute Gasteiger partial charge is 0.396 e. The molecule has 24 heavy (non-hydrogen) atoms. The van der Waals surface area contributed by atoms with Crippen LogP contribution in [0.15, 0.2) is 28.8 Å². The number of carbonyl (C=O) groups is 1. The summed E-state index contributed by atoms with van der Waals surface area (Å²) in [5.74, 6) is 0.836. The zero-order valence-electron chi connectivity index (χ0n) is 13.9. The predicted molar refractivity (Wildman–Crippen MR) is 89.4 cm³/mol. The average Bonchev–Trinajstić information content (AvgIpc) is 2.90. The molecule has 6 nitrogen and oxygen atoms in total. The lowest BCUT2D eigenvalue weighted by Gasteiger charge is -2.24. The summed E-state index contributed by atoms with van der Waals surface area (Å²) in [7, 11) is 0. The number of amides is 1. The van der Waals surface area contributed by atoms with Gasteiger partial charge < -0.3 is 14.9 Å². The molecule has 1 aromatic carbocycles. The van der Waals surface area contributed by atoms with Crippen LogP contribution in [-0.2, 0) is 0 Å². The van der Waals surface area contributed by atoms with Gasteiger partial charge in [-0.3, -0.25) is 4.79 Å². The number of aromatic nitrogens is 2. The van der Waals surface area contributed by atoms with Crippen LogP contribution in [0.3, 0.4) is 0 Å². The Balaban J connectivity index is 1.82. The molecular formula is C18H23N3O3. The minimum atomic E-state index is -0.160. The van der Waals surface area contributed by atoms with Gasteiger partial charge in [0.05, 0.1) is 11.1 Å². The van der Waals surface area contributed by atoms with Crippen molar-refractivity contribution in [1.29, 1.82) is 0 Å². The zero-order valence-corrected chi connectivity index (χ0v) is 13.9. The van der Waals surface area contributed by atoms with Crippen LogP contribution in [0.5, 0.6) is 0 Å². The minimum Gasteiger partial charge on any atom is -0.396 e. The molecule has 3 rings (SSSR count). The molecule has 1 aliphatic rings. The van der Waals surface area contributed by atoms with E-state index in [0.29, 0.717) is 22.8 Å². The number of nitrogens with one attached hydrogen (secondary N) is 1. The second-order valence-corrected chi connectivity index (χ2v) is 6.35. The Hall–Kier alpha value is -2.21. The van der Waals surface area contributed by atoms with Crippen molar-refractivity contribution in [3.63, 3.8) is 0 Å². The molecule has 2 unspecified atom stereocenters. The monoisotopic (exact) mass is 329 g/mol. The Labute approximate surface area is 141 Å². The number of hydrogen-bond donors (Lipinski definition) is 2. The van der Waals surface area contributed by atoms with Crippen molar-refractivity contribution in [2.75, 3.05) is 6.61 Å². The zero-order chi connectivity index (χ0) is 16.9. The van der Waals surface area contributed by atoms with Crippen LogP contribution < -0.4 is 5.32 Å². The van der Waals surface area contributed by atoms with Gasteiger partial charge in [-0.25, -0.2) is 0 Å². The van der Waals surface area contributed by atoms with Crippen LogP contribution in [0.25, 0.3) is 11.5 Å². The first-order valence-electron chi connectivity index (χ1n) is 8.50. The molecule has 1 aliphatic carbocycles. The van der Waals surface area contributed by atoms with Crippen molar-refractivity contribution in [2.24, 2.45) is 5.92 Å². The Morgan fingerprint density at radius 2 is 2.08 bits per heavy atom. The van der Waals surface area contributed by atoms with Gasteiger partial charge in [-0.2, -0.15) is 4.98 Å². The maximum Gasteiger partial charge on any atom is 0.258 e. The summed E-state index contributed by atoms with van der Waals surface area (Å²) >= 11 is 0. The Morgan fingerprint density at radius 3 is 2.83 bits per heavy atom. The van der Waals surface area contributed by atoms with Crippen molar-refractivity contribution >= 4 is 5.91 Å². The van der Waals surface area contributed by atoms with Crippen LogP contribution in [0.4, 0.5) is 0 Å². The van der Waals surface area contributed by atoms with E-state index in [1.165, 1.54) is 0 Å². The molecular weight excluding hydrogens is 306 g/mol. The number of aliphatic hydroxyl groups is 1. The SMILES string of the molecule is Cc1noc(-c2ccccc2C(=O)NC2CCCCCC2CO)n1. The van der Waals surface area contributed by atoms with Crippen LogP contribution in [-0.4, -0.2) is 33.8 Å². The highest BCUT2D eigenvalue weighted by Gasteiger charge is 2.26. The molecule has 0 bridgehead atoms. The van der Waals surface area contributed by atoms with E-state index >= 15 is 0 Å². The maximum atomic E-state index is 12.8. The number of hydrogen-bond acceptors (Lipinski definition) is 5. The highest BCUT2D eigenvalue weighted by molar-refractivity contribution is 6.00. The number of nitrogens with zero attached hydrogens (tertiary/aromatic N) is 2. The van der Waals surface area contributed by atoms with Gasteiger partial charge in [-0.1, -0.05) is 36.6 Å². The van der Waals surface area contributed by atoms with Gasteiger partial charge in [0.15, 0.2) is 5.82 Å². The smallest absolute Gasteiger partial charge is 0.258 e. The quantitative estimate of drug-likeness (QED) is 0.842. The predicted octanol–water partition coefficient (Wildman–Crippen LogP) is 2.72. The number of benzene rings is 1. The summed E-state index contributed by atoms with van der Waals surface area (Å²) in [5, 5.41) is 16.5.